The van der Waals surface area contributed by atoms with Crippen molar-refractivity contribution >= 4 is 11.9 Å². The third kappa shape index (κ3) is 85.1. The molecule has 0 aromatic rings. The minimum Gasteiger partial charge on any atom is -0.466 e. The van der Waals surface area contributed by atoms with Gasteiger partial charge in [0.25, 0.3) is 0 Å². The van der Waals surface area contributed by atoms with E-state index < -0.39 is 0 Å². The second kappa shape index (κ2) is 61.2. The summed E-state index contributed by atoms with van der Waals surface area (Å²) in [5.41, 5.74) is 0. The Morgan fingerprint density at radius 1 is 0.271 bits per heavy atom. The first-order valence-electron chi connectivity index (χ1n) is 21.6. The highest BCUT2D eigenvalue weighted by Crippen LogP contribution is 2.12. The van der Waals surface area contributed by atoms with Gasteiger partial charge in [0.1, 0.15) is 0 Å². The molecule has 0 aromatic heterocycles. The maximum Gasteiger partial charge on any atom is 0.302 e. The molecule has 0 aliphatic heterocycles. The van der Waals surface area contributed by atoms with Crippen LogP contribution in [0.3, 0.4) is 0 Å². The van der Waals surface area contributed by atoms with Crippen LogP contribution in [0.25, 0.3) is 0 Å². The number of carbonyl (C=O) groups is 2. The number of unbranched alkanes of at least 4 members (excludes halogenated alkanes) is 27. The third-order valence-corrected chi connectivity index (χ3v) is 8.07. The van der Waals surface area contributed by atoms with E-state index >= 15 is 0 Å². The summed E-state index contributed by atoms with van der Waals surface area (Å²) in [5, 5.41) is 0. The summed E-state index contributed by atoms with van der Waals surface area (Å²) in [6, 6.07) is 0. The lowest BCUT2D eigenvalue weighted by molar-refractivity contribution is -0.141. The first-order chi connectivity index (χ1) is 23.3. The molecule has 0 atom stereocenters. The zero-order chi connectivity index (χ0) is 37.2. The van der Waals surface area contributed by atoms with Crippen LogP contribution in [0.4, 0.5) is 0 Å². The molecule has 0 radical (unpaired) electrons. The molecule has 0 unspecified atom stereocenters. The lowest BCUT2D eigenvalue weighted by Gasteiger charge is -1.99. The molecule has 0 rings (SSSR count). The van der Waals surface area contributed by atoms with Gasteiger partial charge in [-0.15, -0.1) is 0 Å². The smallest absolute Gasteiger partial charge is 0.302 e. The van der Waals surface area contributed by atoms with Crippen LogP contribution in [-0.2, 0) is 19.1 Å². The van der Waals surface area contributed by atoms with Crippen LogP contribution in [0, 0.1) is 0 Å². The van der Waals surface area contributed by atoms with E-state index in [1.54, 1.807) is 13.8 Å². The average molecular weight is 687 g/mol. The predicted octanol–water partition coefficient (Wildman–Crippen LogP) is 15.9. The second-order valence-corrected chi connectivity index (χ2v) is 13.3. The van der Waals surface area contributed by atoms with Crippen molar-refractivity contribution < 1.29 is 19.1 Å². The van der Waals surface area contributed by atoms with Crippen LogP contribution >= 0.6 is 0 Å². The van der Waals surface area contributed by atoms with E-state index in [1.807, 2.05) is 0 Å². The molecule has 0 heterocycles. The van der Waals surface area contributed by atoms with Gasteiger partial charge in [0, 0.05) is 13.8 Å². The van der Waals surface area contributed by atoms with Crippen molar-refractivity contribution in [2.75, 3.05) is 13.2 Å². The highest BCUT2D eigenvalue weighted by molar-refractivity contribution is 5.66. The maximum atomic E-state index is 9.82. The normalized spacial score (nSPS) is 9.79. The summed E-state index contributed by atoms with van der Waals surface area (Å²) in [5.74, 6) is -0.421. The molecular formula is C44H94O4. The summed E-state index contributed by atoms with van der Waals surface area (Å²) in [6.07, 6.45) is 43.3. The van der Waals surface area contributed by atoms with Crippen LogP contribution in [-0.4, -0.2) is 25.2 Å². The largest absolute Gasteiger partial charge is 0.466 e. The van der Waals surface area contributed by atoms with Crippen molar-refractivity contribution in [2.24, 2.45) is 0 Å². The highest BCUT2D eigenvalue weighted by Gasteiger charge is 1.92. The van der Waals surface area contributed by atoms with Crippen molar-refractivity contribution in [1.29, 1.82) is 0 Å². The summed E-state index contributed by atoms with van der Waals surface area (Å²) in [7, 11) is 0. The Labute approximate surface area is 305 Å². The molecule has 294 valence electrons. The Kier molecular flexibility index (Phi) is 71.8. The lowest BCUT2D eigenvalue weighted by Crippen LogP contribution is -1.95. The SMILES string of the molecule is CCCCCCCCCCCC.CCCCCCCCCCCC.CCCCCCCCCCCC.CCOC(C)=O.CCOC(C)=O. The van der Waals surface area contributed by atoms with Crippen molar-refractivity contribution in [3.8, 4) is 0 Å². The number of rotatable bonds is 29. The zero-order valence-electron chi connectivity index (χ0n) is 35.3. The Morgan fingerprint density at radius 3 is 0.458 bits per heavy atom. The van der Waals surface area contributed by atoms with E-state index in [4.69, 9.17) is 0 Å². The third-order valence-electron chi connectivity index (χ3n) is 8.07. The Morgan fingerprint density at radius 2 is 0.396 bits per heavy atom. The summed E-state index contributed by atoms with van der Waals surface area (Å²) in [4.78, 5) is 19.6. The van der Waals surface area contributed by atoms with Gasteiger partial charge in [0.2, 0.25) is 0 Å². The molecule has 0 aromatic carbocycles. The van der Waals surface area contributed by atoms with Crippen molar-refractivity contribution in [3.63, 3.8) is 0 Å². The Balaban J connectivity index is -0.000000166. The minimum absolute atomic E-state index is 0.211. The molecule has 0 spiro atoms. The minimum atomic E-state index is -0.211. The number of hydrogen-bond donors (Lipinski definition) is 0. The fourth-order valence-corrected chi connectivity index (χ4v) is 5.09. The molecule has 0 fully saturated rings. The Hall–Kier alpha value is -1.06. The molecular weight excluding hydrogens is 592 g/mol. The fourth-order valence-electron chi connectivity index (χ4n) is 5.09. The second-order valence-electron chi connectivity index (χ2n) is 13.3. The monoisotopic (exact) mass is 687 g/mol. The first-order valence-corrected chi connectivity index (χ1v) is 21.6. The van der Waals surface area contributed by atoms with Gasteiger partial charge in [-0.05, 0) is 13.8 Å². The molecule has 0 saturated heterocycles. The van der Waals surface area contributed by atoms with Crippen molar-refractivity contribution in [1.82, 2.24) is 0 Å². The van der Waals surface area contributed by atoms with Crippen molar-refractivity contribution in [3.05, 3.63) is 0 Å². The molecule has 0 bridgehead atoms. The van der Waals surface area contributed by atoms with Crippen LogP contribution in [0.2, 0.25) is 0 Å². The van der Waals surface area contributed by atoms with Crippen LogP contribution in [0.5, 0.6) is 0 Å². The molecule has 0 amide bonds. The topological polar surface area (TPSA) is 52.6 Å². The number of hydrogen-bond acceptors (Lipinski definition) is 4. The molecule has 4 nitrogen and oxygen atoms in total. The van der Waals surface area contributed by atoms with Crippen LogP contribution < -0.4 is 0 Å². The summed E-state index contributed by atoms with van der Waals surface area (Å²) < 4.78 is 8.81. The highest BCUT2D eigenvalue weighted by atomic mass is 16.5. The zero-order valence-corrected chi connectivity index (χ0v) is 35.3. The van der Waals surface area contributed by atoms with Gasteiger partial charge in [-0.2, -0.15) is 0 Å². The number of esters is 2. The molecule has 48 heavy (non-hydrogen) atoms. The summed E-state index contributed by atoms with van der Waals surface area (Å²) >= 11 is 0. The van der Waals surface area contributed by atoms with Gasteiger partial charge in [-0.3, -0.25) is 9.59 Å². The van der Waals surface area contributed by atoms with E-state index in [9.17, 15) is 9.59 Å². The summed E-state index contributed by atoms with van der Waals surface area (Å²) in [6.45, 7) is 21.0. The van der Waals surface area contributed by atoms with Crippen molar-refractivity contribution in [2.45, 2.75) is 262 Å². The van der Waals surface area contributed by atoms with Crippen LogP contribution in [0.15, 0.2) is 0 Å². The number of ether oxygens (including phenoxy) is 2. The van der Waals surface area contributed by atoms with Gasteiger partial charge in [-0.1, -0.05) is 234 Å². The van der Waals surface area contributed by atoms with Gasteiger partial charge >= 0.3 is 11.9 Å². The van der Waals surface area contributed by atoms with E-state index in [2.05, 4.69) is 51.0 Å². The van der Waals surface area contributed by atoms with E-state index in [1.165, 1.54) is 206 Å². The molecule has 0 N–H and O–H groups in total. The average Bonchev–Trinajstić information content (AvgIpc) is 3.06. The quantitative estimate of drug-likeness (QED) is 0.0580. The molecule has 0 saturated carbocycles. The first kappa shape index (κ1) is 56.3. The fraction of sp³-hybridized carbons (Fsp3) is 0.955. The maximum absolute atomic E-state index is 9.82. The molecule has 0 aliphatic rings. The predicted molar refractivity (Wildman–Crippen MR) is 217 cm³/mol. The molecule has 0 aliphatic carbocycles. The number of carbonyl (C=O) groups excluding carboxylic acids is 2. The van der Waals surface area contributed by atoms with E-state index in [0.717, 1.165) is 0 Å². The van der Waals surface area contributed by atoms with Gasteiger partial charge < -0.3 is 9.47 Å². The van der Waals surface area contributed by atoms with Crippen LogP contribution in [0.1, 0.15) is 262 Å². The van der Waals surface area contributed by atoms with Gasteiger partial charge in [-0.25, -0.2) is 0 Å². The Bertz CT molecular complexity index is 426. The standard InChI is InChI=1S/3C12H26.2C4H8O2/c3*1-3-5-7-9-11-12-10-8-6-4-2;2*1-3-6-4(2)5/h3*3-12H2,1-2H3;2*3H2,1-2H3. The van der Waals surface area contributed by atoms with Gasteiger partial charge in [0.15, 0.2) is 0 Å². The molecule has 4 heteroatoms. The van der Waals surface area contributed by atoms with E-state index in [-0.39, 0.29) is 11.9 Å². The lowest BCUT2D eigenvalue weighted by atomic mass is 10.1. The van der Waals surface area contributed by atoms with E-state index in [0.29, 0.717) is 13.2 Å². The van der Waals surface area contributed by atoms with Gasteiger partial charge in [0.05, 0.1) is 13.2 Å².